The smallest absolute Gasteiger partial charge is 0.198 e. The molecule has 0 radical (unpaired) electrons. The second-order valence-electron chi connectivity index (χ2n) is 4.99. The first-order valence-electron chi connectivity index (χ1n) is 6.85. The molecule has 0 spiro atoms. The van der Waals surface area contributed by atoms with Crippen molar-refractivity contribution in [1.29, 1.82) is 0 Å². The van der Waals surface area contributed by atoms with Gasteiger partial charge in [-0.2, -0.15) is 0 Å². The predicted octanol–water partition coefficient (Wildman–Crippen LogP) is 2.19. The fourth-order valence-corrected chi connectivity index (χ4v) is 2.66. The third kappa shape index (κ3) is 2.20. The van der Waals surface area contributed by atoms with E-state index in [2.05, 4.69) is 15.3 Å². The highest BCUT2D eigenvalue weighted by atomic mass is 15.1. The van der Waals surface area contributed by atoms with Crippen LogP contribution in [0.5, 0.6) is 0 Å². The second kappa shape index (κ2) is 4.99. The van der Waals surface area contributed by atoms with Crippen molar-refractivity contribution < 1.29 is 0 Å². The van der Waals surface area contributed by atoms with Gasteiger partial charge in [-0.1, -0.05) is 6.42 Å². The number of imidazole rings is 1. The summed E-state index contributed by atoms with van der Waals surface area (Å²) in [6, 6.07) is 0. The maximum atomic E-state index is 4.75. The van der Waals surface area contributed by atoms with Crippen molar-refractivity contribution in [2.24, 2.45) is 7.05 Å². The first-order chi connectivity index (χ1) is 9.29. The van der Waals surface area contributed by atoms with E-state index >= 15 is 0 Å². The fourth-order valence-electron chi connectivity index (χ4n) is 2.66. The van der Waals surface area contributed by atoms with Gasteiger partial charge in [-0.3, -0.25) is 0 Å². The molecule has 1 aliphatic carbocycles. The largest absolute Gasteiger partial charge is 0.373 e. The number of aryl methyl sites for hydroxylation is 2. The highest BCUT2D eigenvalue weighted by Gasteiger charge is 2.18. The summed E-state index contributed by atoms with van der Waals surface area (Å²) in [6.45, 7) is 0. The van der Waals surface area contributed by atoms with Crippen molar-refractivity contribution in [2.75, 3.05) is 12.4 Å². The summed E-state index contributed by atoms with van der Waals surface area (Å²) in [5.74, 6) is 2.51. The molecule has 0 fully saturated rings. The van der Waals surface area contributed by atoms with Crippen LogP contribution in [0.1, 0.15) is 30.5 Å². The normalized spacial score (nSPS) is 14.8. The summed E-state index contributed by atoms with van der Waals surface area (Å²) in [4.78, 5) is 13.7. The summed E-state index contributed by atoms with van der Waals surface area (Å²) in [5.41, 5.74) is 2.48. The number of nitrogens with one attached hydrogen (secondary N) is 1. The summed E-state index contributed by atoms with van der Waals surface area (Å²) >= 11 is 0. The van der Waals surface area contributed by atoms with E-state index in [-0.39, 0.29) is 0 Å². The van der Waals surface area contributed by atoms with Crippen LogP contribution in [-0.2, 0) is 19.9 Å². The summed E-state index contributed by atoms with van der Waals surface area (Å²) in [6.07, 6.45) is 9.54. The molecule has 0 amide bonds. The molecule has 0 saturated carbocycles. The first kappa shape index (κ1) is 12.1. The van der Waals surface area contributed by atoms with Crippen molar-refractivity contribution >= 4 is 5.82 Å². The highest BCUT2D eigenvalue weighted by molar-refractivity contribution is 5.54. The minimum absolute atomic E-state index is 0.720. The Morgan fingerprint density at radius 2 is 2.00 bits per heavy atom. The van der Waals surface area contributed by atoms with Gasteiger partial charge in [-0.15, -0.1) is 0 Å². The Morgan fingerprint density at radius 1 is 1.16 bits per heavy atom. The van der Waals surface area contributed by atoms with Gasteiger partial charge in [-0.05, 0) is 25.7 Å². The van der Waals surface area contributed by atoms with Crippen molar-refractivity contribution in [3.63, 3.8) is 0 Å². The van der Waals surface area contributed by atoms with E-state index in [4.69, 9.17) is 4.98 Å². The lowest BCUT2D eigenvalue weighted by atomic mass is 10.1. The average molecular weight is 257 g/mol. The lowest BCUT2D eigenvalue weighted by molar-refractivity contribution is 0.709. The van der Waals surface area contributed by atoms with E-state index in [1.54, 1.807) is 6.20 Å². The van der Waals surface area contributed by atoms with E-state index in [0.29, 0.717) is 0 Å². The number of nitrogens with zero attached hydrogens (tertiary/aromatic N) is 4. The van der Waals surface area contributed by atoms with Gasteiger partial charge >= 0.3 is 0 Å². The van der Waals surface area contributed by atoms with E-state index < -0.39 is 0 Å². The molecule has 0 unspecified atom stereocenters. The standard InChI is InChI=1S/C14H19N5/c1-15-12-10-6-4-3-5-7-11(10)17-13(18-12)14-16-8-9-19(14)2/h8-9H,3-7H2,1-2H3,(H,15,17,18). The Bertz CT molecular complexity index is 588. The Hall–Kier alpha value is -1.91. The quantitative estimate of drug-likeness (QED) is 0.838. The maximum Gasteiger partial charge on any atom is 0.198 e. The van der Waals surface area contributed by atoms with E-state index in [1.165, 1.54) is 30.5 Å². The van der Waals surface area contributed by atoms with Crippen LogP contribution in [0.4, 0.5) is 5.82 Å². The van der Waals surface area contributed by atoms with Crippen LogP contribution in [-0.4, -0.2) is 26.6 Å². The summed E-state index contributed by atoms with van der Waals surface area (Å²) < 4.78 is 1.96. The summed E-state index contributed by atoms with van der Waals surface area (Å²) in [7, 11) is 3.89. The van der Waals surface area contributed by atoms with Gasteiger partial charge in [0, 0.05) is 37.7 Å². The predicted molar refractivity (Wildman–Crippen MR) is 75.0 cm³/mol. The molecule has 2 aromatic heterocycles. The number of fused-ring (bicyclic) bond motifs is 1. The minimum atomic E-state index is 0.720. The minimum Gasteiger partial charge on any atom is -0.373 e. The van der Waals surface area contributed by atoms with Crippen LogP contribution < -0.4 is 5.32 Å². The molecule has 1 aliphatic rings. The molecule has 0 aromatic carbocycles. The molecule has 19 heavy (non-hydrogen) atoms. The van der Waals surface area contributed by atoms with Gasteiger partial charge < -0.3 is 9.88 Å². The van der Waals surface area contributed by atoms with Gasteiger partial charge in [0.15, 0.2) is 11.6 Å². The molecule has 3 rings (SSSR count). The number of rotatable bonds is 2. The van der Waals surface area contributed by atoms with Gasteiger partial charge in [0.1, 0.15) is 5.82 Å². The molecule has 2 heterocycles. The van der Waals surface area contributed by atoms with Gasteiger partial charge in [0.05, 0.1) is 0 Å². The molecule has 0 bridgehead atoms. The molecule has 5 nitrogen and oxygen atoms in total. The monoisotopic (exact) mass is 257 g/mol. The lowest BCUT2D eigenvalue weighted by Gasteiger charge is -2.12. The number of aromatic nitrogens is 4. The highest BCUT2D eigenvalue weighted by Crippen LogP contribution is 2.26. The Balaban J connectivity index is 2.13. The van der Waals surface area contributed by atoms with Crippen LogP contribution >= 0.6 is 0 Å². The number of hydrogen-bond donors (Lipinski definition) is 1. The molecule has 1 N–H and O–H groups in total. The molecule has 100 valence electrons. The average Bonchev–Trinajstić information content (AvgIpc) is 2.71. The van der Waals surface area contributed by atoms with Crippen LogP contribution in [0.25, 0.3) is 11.6 Å². The second-order valence-corrected chi connectivity index (χ2v) is 4.99. The van der Waals surface area contributed by atoms with Crippen LogP contribution in [0.3, 0.4) is 0 Å². The molecule has 0 aliphatic heterocycles. The van der Waals surface area contributed by atoms with Gasteiger partial charge in [0.2, 0.25) is 0 Å². The topological polar surface area (TPSA) is 55.6 Å². The van der Waals surface area contributed by atoms with E-state index in [0.717, 1.165) is 30.3 Å². The van der Waals surface area contributed by atoms with Gasteiger partial charge in [-0.25, -0.2) is 15.0 Å². The van der Waals surface area contributed by atoms with Crippen molar-refractivity contribution in [3.05, 3.63) is 23.7 Å². The Labute approximate surface area is 113 Å². The first-order valence-corrected chi connectivity index (χ1v) is 6.85. The maximum absolute atomic E-state index is 4.75. The van der Waals surface area contributed by atoms with Crippen molar-refractivity contribution in [2.45, 2.75) is 32.1 Å². The Kier molecular flexibility index (Phi) is 3.19. The molecule has 0 atom stereocenters. The molecular weight excluding hydrogens is 238 g/mol. The zero-order valence-corrected chi connectivity index (χ0v) is 11.5. The van der Waals surface area contributed by atoms with E-state index in [9.17, 15) is 0 Å². The van der Waals surface area contributed by atoms with Crippen LogP contribution in [0, 0.1) is 0 Å². The molecular formula is C14H19N5. The van der Waals surface area contributed by atoms with Crippen LogP contribution in [0.2, 0.25) is 0 Å². The number of hydrogen-bond acceptors (Lipinski definition) is 4. The number of anilines is 1. The Morgan fingerprint density at radius 3 is 2.74 bits per heavy atom. The SMILES string of the molecule is CNc1nc(-c2nccn2C)nc2c1CCCCC2. The summed E-state index contributed by atoms with van der Waals surface area (Å²) in [5, 5.41) is 3.22. The fraction of sp³-hybridized carbons (Fsp3) is 0.500. The van der Waals surface area contributed by atoms with Crippen molar-refractivity contribution in [3.8, 4) is 11.6 Å². The van der Waals surface area contributed by atoms with Crippen molar-refractivity contribution in [1.82, 2.24) is 19.5 Å². The molecule has 0 saturated heterocycles. The third-order valence-corrected chi connectivity index (χ3v) is 3.69. The zero-order chi connectivity index (χ0) is 13.2. The molecule has 5 heteroatoms. The molecule has 2 aromatic rings. The lowest BCUT2D eigenvalue weighted by Crippen LogP contribution is -2.08. The van der Waals surface area contributed by atoms with E-state index in [1.807, 2.05) is 24.9 Å². The van der Waals surface area contributed by atoms with Gasteiger partial charge in [0.25, 0.3) is 0 Å². The third-order valence-electron chi connectivity index (χ3n) is 3.69. The zero-order valence-electron chi connectivity index (χ0n) is 11.5. The van der Waals surface area contributed by atoms with Crippen LogP contribution in [0.15, 0.2) is 12.4 Å².